The van der Waals surface area contributed by atoms with Crippen LogP contribution in [0.2, 0.25) is 0 Å². The summed E-state index contributed by atoms with van der Waals surface area (Å²) in [5.41, 5.74) is -1.54. The molecule has 52 heavy (non-hydrogen) atoms. The van der Waals surface area contributed by atoms with Gasteiger partial charge in [-0.15, -0.1) is 0 Å². The van der Waals surface area contributed by atoms with Gasteiger partial charge in [-0.1, -0.05) is 0 Å². The van der Waals surface area contributed by atoms with E-state index in [-0.39, 0.29) is 50.1 Å². The molecule has 3 rings (SSSR count). The highest BCUT2D eigenvalue weighted by molar-refractivity contribution is 7.90. The first kappa shape index (κ1) is 40.6. The molecule has 0 aliphatic heterocycles. The second kappa shape index (κ2) is 16.9. The van der Waals surface area contributed by atoms with E-state index in [4.69, 9.17) is 0 Å². The molecule has 22 heteroatoms. The highest BCUT2D eigenvalue weighted by atomic mass is 32.2. The average molecular weight is 771 g/mol. The lowest BCUT2D eigenvalue weighted by Crippen LogP contribution is -2.26. The Morgan fingerprint density at radius 2 is 0.885 bits per heavy atom. The summed E-state index contributed by atoms with van der Waals surface area (Å²) in [6, 6.07) is 6.06. The van der Waals surface area contributed by atoms with Gasteiger partial charge in [0.15, 0.2) is 23.0 Å². The van der Waals surface area contributed by atoms with Gasteiger partial charge in [0, 0.05) is 37.3 Å². The van der Waals surface area contributed by atoms with Crippen molar-refractivity contribution in [3.8, 4) is 34.5 Å². The molecular weight excluding hydrogens is 736 g/mol. The SMILES string of the molecule is COC(=O)CCCNS(=O)(=O)c1cc(C(=O)Nc2ccc(NC(=O)c3cc(S(=O)(=O)NCCCC(=O)OC)c(O)c(O)c3O)cc2)c(O)c(O)c1O. The highest BCUT2D eigenvalue weighted by Crippen LogP contribution is 2.43. The Kier molecular flexibility index (Phi) is 13.2. The standard InChI is InChI=1S/C30H34N4O16S2/c1-49-21(35)5-3-11-31-51(45,46)19-13-17(23(37)27(41)25(19)39)29(43)33-15-7-9-16(10-8-15)34-30(44)18-14-20(26(40)28(42)24(18)38)52(47,48)32-12-4-6-22(36)50-2/h7-10,13-14,31-32,37-42H,3-6,11-12H2,1-2H3,(H,33,43)(H,34,44). The molecule has 0 spiro atoms. The number of hydrogen-bond donors (Lipinski definition) is 10. The summed E-state index contributed by atoms with van der Waals surface area (Å²) in [5, 5.41) is 65.9. The Morgan fingerprint density at radius 1 is 0.558 bits per heavy atom. The van der Waals surface area contributed by atoms with E-state index in [0.29, 0.717) is 12.1 Å². The fraction of sp³-hybridized carbons (Fsp3) is 0.267. The molecule has 0 saturated heterocycles. The first-order chi connectivity index (χ1) is 24.3. The van der Waals surface area contributed by atoms with E-state index in [9.17, 15) is 66.7 Å². The van der Waals surface area contributed by atoms with Crippen LogP contribution in [-0.4, -0.2) is 98.5 Å². The summed E-state index contributed by atoms with van der Waals surface area (Å²) in [6.07, 6.45) is -0.230. The van der Waals surface area contributed by atoms with E-state index in [1.165, 1.54) is 24.3 Å². The number of aromatic hydroxyl groups is 6. The van der Waals surface area contributed by atoms with Crippen molar-refractivity contribution in [1.29, 1.82) is 0 Å². The average Bonchev–Trinajstić information content (AvgIpc) is 3.10. The van der Waals surface area contributed by atoms with Crippen LogP contribution < -0.4 is 20.1 Å². The molecule has 2 amide bonds. The van der Waals surface area contributed by atoms with E-state index in [1.807, 2.05) is 0 Å². The first-order valence-corrected chi connectivity index (χ1v) is 17.7. The minimum Gasteiger partial charge on any atom is -0.504 e. The van der Waals surface area contributed by atoms with Crippen LogP contribution in [0.25, 0.3) is 0 Å². The van der Waals surface area contributed by atoms with Crippen molar-refractivity contribution >= 4 is 55.2 Å². The molecule has 0 aromatic heterocycles. The van der Waals surface area contributed by atoms with E-state index in [0.717, 1.165) is 14.2 Å². The monoisotopic (exact) mass is 770 g/mol. The Morgan fingerprint density at radius 3 is 1.19 bits per heavy atom. The molecule has 282 valence electrons. The molecule has 0 saturated carbocycles. The van der Waals surface area contributed by atoms with Gasteiger partial charge in [0.1, 0.15) is 9.79 Å². The lowest BCUT2D eigenvalue weighted by Gasteiger charge is -2.14. The fourth-order valence-corrected chi connectivity index (χ4v) is 6.66. The number of carbonyl (C=O) groups is 4. The maximum Gasteiger partial charge on any atom is 0.305 e. The van der Waals surface area contributed by atoms with E-state index < -0.39 is 99.2 Å². The van der Waals surface area contributed by atoms with Crippen LogP contribution in [0.15, 0.2) is 46.2 Å². The van der Waals surface area contributed by atoms with Crippen LogP contribution >= 0.6 is 0 Å². The third-order valence-electron chi connectivity index (χ3n) is 7.05. The molecule has 10 N–H and O–H groups in total. The molecule has 0 fully saturated rings. The number of hydrogen-bond acceptors (Lipinski definition) is 16. The van der Waals surface area contributed by atoms with Gasteiger partial charge in [0.2, 0.25) is 31.5 Å². The zero-order valence-corrected chi connectivity index (χ0v) is 28.9. The van der Waals surface area contributed by atoms with Gasteiger partial charge >= 0.3 is 11.9 Å². The van der Waals surface area contributed by atoms with Crippen molar-refractivity contribution < 1.29 is 76.1 Å². The zero-order valence-electron chi connectivity index (χ0n) is 27.3. The lowest BCUT2D eigenvalue weighted by molar-refractivity contribution is -0.141. The van der Waals surface area contributed by atoms with Crippen molar-refractivity contribution in [2.45, 2.75) is 35.5 Å². The number of rotatable bonds is 16. The van der Waals surface area contributed by atoms with Crippen LogP contribution in [0.5, 0.6) is 34.5 Å². The molecule has 0 bridgehead atoms. The van der Waals surface area contributed by atoms with Crippen molar-refractivity contribution in [2.24, 2.45) is 0 Å². The first-order valence-electron chi connectivity index (χ1n) is 14.8. The third kappa shape index (κ3) is 9.69. The van der Waals surface area contributed by atoms with E-state index in [2.05, 4.69) is 29.6 Å². The Labute approximate surface area is 295 Å². The molecular formula is C30H34N4O16S2. The summed E-state index contributed by atoms with van der Waals surface area (Å²) < 4.78 is 64.1. The van der Waals surface area contributed by atoms with Crippen LogP contribution in [-0.2, 0) is 39.1 Å². The van der Waals surface area contributed by atoms with Crippen molar-refractivity contribution in [2.75, 3.05) is 37.9 Å². The largest absolute Gasteiger partial charge is 0.504 e. The number of sulfonamides is 2. The number of methoxy groups -OCH3 is 2. The number of benzene rings is 3. The topological polar surface area (TPSA) is 325 Å². The molecule has 0 unspecified atom stereocenters. The Balaban J connectivity index is 1.77. The number of phenolic OH excluding ortho intramolecular Hbond substituents is 6. The fourth-order valence-electron chi connectivity index (χ4n) is 4.28. The minimum atomic E-state index is -4.58. The minimum absolute atomic E-state index is 0.00270. The number of nitrogens with one attached hydrogen (secondary N) is 4. The molecule has 0 radical (unpaired) electrons. The van der Waals surface area contributed by atoms with Crippen LogP contribution in [0.4, 0.5) is 11.4 Å². The molecule has 20 nitrogen and oxygen atoms in total. The van der Waals surface area contributed by atoms with Gasteiger partial charge in [0.25, 0.3) is 11.8 Å². The molecule has 3 aromatic carbocycles. The van der Waals surface area contributed by atoms with Crippen LogP contribution in [0, 0.1) is 0 Å². The maximum atomic E-state index is 13.0. The summed E-state index contributed by atoms with van der Waals surface area (Å²) in [4.78, 5) is 46.5. The molecule has 3 aromatic rings. The number of amides is 2. The predicted molar refractivity (Wildman–Crippen MR) is 178 cm³/mol. The van der Waals surface area contributed by atoms with E-state index >= 15 is 0 Å². The van der Waals surface area contributed by atoms with Crippen molar-refractivity contribution in [3.05, 3.63) is 47.5 Å². The van der Waals surface area contributed by atoms with Gasteiger partial charge in [0.05, 0.1) is 25.3 Å². The maximum absolute atomic E-state index is 13.0. The number of ether oxygens (including phenoxy) is 2. The Hall–Kier alpha value is -5.84. The molecule has 0 atom stereocenters. The number of esters is 2. The number of phenols is 6. The van der Waals surface area contributed by atoms with Gasteiger partial charge in [-0.2, -0.15) is 0 Å². The molecule has 0 aliphatic carbocycles. The van der Waals surface area contributed by atoms with Crippen LogP contribution in [0.1, 0.15) is 46.4 Å². The smallest absolute Gasteiger partial charge is 0.305 e. The quantitative estimate of drug-likeness (QED) is 0.0549. The third-order valence-corrected chi connectivity index (χ3v) is 10.00. The van der Waals surface area contributed by atoms with Crippen molar-refractivity contribution in [1.82, 2.24) is 9.44 Å². The number of carbonyl (C=O) groups excluding carboxylic acids is 4. The van der Waals surface area contributed by atoms with Gasteiger partial charge in [-0.3, -0.25) is 19.2 Å². The highest BCUT2D eigenvalue weighted by Gasteiger charge is 2.30. The van der Waals surface area contributed by atoms with Crippen molar-refractivity contribution in [3.63, 3.8) is 0 Å². The van der Waals surface area contributed by atoms with Gasteiger partial charge in [-0.05, 0) is 49.2 Å². The zero-order chi connectivity index (χ0) is 39.0. The second-order valence-corrected chi connectivity index (χ2v) is 14.0. The lowest BCUT2D eigenvalue weighted by atomic mass is 10.1. The summed E-state index contributed by atoms with van der Waals surface area (Å²) >= 11 is 0. The Bertz CT molecular complexity index is 1940. The second-order valence-electron chi connectivity index (χ2n) is 10.6. The summed E-state index contributed by atoms with van der Waals surface area (Å²) in [6.45, 7) is -0.568. The molecule has 0 aliphatic rings. The number of anilines is 2. The molecule has 0 heterocycles. The van der Waals surface area contributed by atoms with E-state index in [1.54, 1.807) is 0 Å². The summed E-state index contributed by atoms with van der Waals surface area (Å²) in [5.74, 6) is -10.9. The normalized spacial score (nSPS) is 11.4. The summed E-state index contributed by atoms with van der Waals surface area (Å²) in [7, 11) is -6.86. The predicted octanol–water partition coefficient (Wildman–Crippen LogP) is 0.888. The van der Waals surface area contributed by atoms with Gasteiger partial charge < -0.3 is 50.7 Å². The van der Waals surface area contributed by atoms with Crippen LogP contribution in [0.3, 0.4) is 0 Å². The van der Waals surface area contributed by atoms with Gasteiger partial charge in [-0.25, -0.2) is 26.3 Å².